The number of anilines is 1. The molecular formula is C11H19N3OS. The van der Waals surface area contributed by atoms with Crippen LogP contribution < -0.4 is 10.6 Å². The third-order valence-corrected chi connectivity index (χ3v) is 3.18. The van der Waals surface area contributed by atoms with E-state index in [1.54, 1.807) is 11.3 Å². The fourth-order valence-corrected chi connectivity index (χ4v) is 1.88. The first-order chi connectivity index (χ1) is 7.61. The van der Waals surface area contributed by atoms with E-state index < -0.39 is 0 Å². The van der Waals surface area contributed by atoms with Gasteiger partial charge in [-0.05, 0) is 20.3 Å². The number of carbonyl (C=O) groups is 1. The summed E-state index contributed by atoms with van der Waals surface area (Å²) in [5.74, 6) is 0.0927. The molecule has 0 radical (unpaired) electrons. The molecule has 0 aromatic carbocycles. The monoisotopic (exact) mass is 241 g/mol. The van der Waals surface area contributed by atoms with Gasteiger partial charge in [0, 0.05) is 24.4 Å². The highest BCUT2D eigenvalue weighted by molar-refractivity contribution is 7.13. The molecule has 0 saturated heterocycles. The maximum Gasteiger partial charge on any atom is 0.221 e. The van der Waals surface area contributed by atoms with Crippen molar-refractivity contribution >= 4 is 22.4 Å². The largest absolute Gasteiger partial charge is 0.361 e. The van der Waals surface area contributed by atoms with E-state index in [1.165, 1.54) is 0 Å². The molecule has 90 valence electrons. The lowest BCUT2D eigenvalue weighted by atomic mass is 10.2. The molecule has 1 heterocycles. The standard InChI is InChI=1S/C11H19N3OS/c1-4-8(2)13-10(15)5-6-12-11-14-9(3)7-16-11/h7-8H,4-6H2,1-3H3,(H,12,14)(H,13,15). The van der Waals surface area contributed by atoms with Crippen LogP contribution >= 0.6 is 11.3 Å². The van der Waals surface area contributed by atoms with Gasteiger partial charge in [-0.1, -0.05) is 6.92 Å². The molecule has 16 heavy (non-hydrogen) atoms. The number of thiazole rings is 1. The van der Waals surface area contributed by atoms with Crippen LogP contribution in [0.3, 0.4) is 0 Å². The Kier molecular flexibility index (Phi) is 5.25. The van der Waals surface area contributed by atoms with Crippen LogP contribution in [0.5, 0.6) is 0 Å². The Bertz CT molecular complexity index is 338. The van der Waals surface area contributed by atoms with Crippen LogP contribution in [0, 0.1) is 6.92 Å². The van der Waals surface area contributed by atoms with Crippen molar-refractivity contribution in [2.75, 3.05) is 11.9 Å². The zero-order chi connectivity index (χ0) is 12.0. The van der Waals surface area contributed by atoms with Crippen molar-refractivity contribution < 1.29 is 4.79 Å². The fourth-order valence-electron chi connectivity index (χ4n) is 1.17. The lowest BCUT2D eigenvalue weighted by Crippen LogP contribution is -2.32. The highest BCUT2D eigenvalue weighted by Crippen LogP contribution is 2.13. The molecule has 0 bridgehead atoms. The number of nitrogens with one attached hydrogen (secondary N) is 2. The Morgan fingerprint density at radius 1 is 1.62 bits per heavy atom. The zero-order valence-electron chi connectivity index (χ0n) is 10.0. The number of carbonyl (C=O) groups excluding carboxylic acids is 1. The van der Waals surface area contributed by atoms with E-state index >= 15 is 0 Å². The highest BCUT2D eigenvalue weighted by Gasteiger charge is 2.05. The lowest BCUT2D eigenvalue weighted by molar-refractivity contribution is -0.121. The van der Waals surface area contributed by atoms with Crippen molar-refractivity contribution in [3.63, 3.8) is 0 Å². The number of amides is 1. The second-order valence-electron chi connectivity index (χ2n) is 3.85. The third-order valence-electron chi connectivity index (χ3n) is 2.27. The summed E-state index contributed by atoms with van der Waals surface area (Å²) in [4.78, 5) is 15.7. The summed E-state index contributed by atoms with van der Waals surface area (Å²) in [5, 5.41) is 8.93. The number of hydrogen-bond donors (Lipinski definition) is 2. The van der Waals surface area contributed by atoms with Gasteiger partial charge in [-0.3, -0.25) is 4.79 Å². The number of aromatic nitrogens is 1. The second-order valence-corrected chi connectivity index (χ2v) is 4.71. The summed E-state index contributed by atoms with van der Waals surface area (Å²) in [6, 6.07) is 0.259. The Hall–Kier alpha value is -1.10. The van der Waals surface area contributed by atoms with E-state index in [1.807, 2.05) is 19.2 Å². The van der Waals surface area contributed by atoms with Crippen molar-refractivity contribution in [1.29, 1.82) is 0 Å². The maximum absolute atomic E-state index is 11.4. The minimum atomic E-state index is 0.0927. The van der Waals surface area contributed by atoms with E-state index in [0.717, 1.165) is 17.2 Å². The predicted octanol–water partition coefficient (Wildman–Crippen LogP) is 2.17. The predicted molar refractivity (Wildman–Crippen MR) is 67.9 cm³/mol. The number of hydrogen-bond acceptors (Lipinski definition) is 4. The van der Waals surface area contributed by atoms with Gasteiger partial charge in [0.15, 0.2) is 5.13 Å². The number of nitrogens with zero attached hydrogens (tertiary/aromatic N) is 1. The first-order valence-corrected chi connectivity index (χ1v) is 6.45. The molecule has 1 amide bonds. The molecule has 0 spiro atoms. The Balaban J connectivity index is 2.18. The molecule has 0 aliphatic carbocycles. The smallest absolute Gasteiger partial charge is 0.221 e. The summed E-state index contributed by atoms with van der Waals surface area (Å²) >= 11 is 1.57. The van der Waals surface area contributed by atoms with Crippen LogP contribution in [0.25, 0.3) is 0 Å². The molecule has 0 fully saturated rings. The summed E-state index contributed by atoms with van der Waals surface area (Å²) in [6.07, 6.45) is 1.45. The van der Waals surface area contributed by atoms with Gasteiger partial charge in [0.05, 0.1) is 5.69 Å². The molecule has 1 rings (SSSR count). The molecule has 0 aliphatic heterocycles. The van der Waals surface area contributed by atoms with Crippen LogP contribution in [-0.2, 0) is 4.79 Å². The van der Waals surface area contributed by atoms with Crippen molar-refractivity contribution in [1.82, 2.24) is 10.3 Å². The highest BCUT2D eigenvalue weighted by atomic mass is 32.1. The Labute approximate surface area is 100 Å². The summed E-state index contributed by atoms with van der Waals surface area (Å²) in [5.41, 5.74) is 1.01. The van der Waals surface area contributed by atoms with Gasteiger partial charge in [-0.2, -0.15) is 0 Å². The number of aryl methyl sites for hydroxylation is 1. The normalized spacial score (nSPS) is 12.2. The maximum atomic E-state index is 11.4. The molecule has 2 N–H and O–H groups in total. The van der Waals surface area contributed by atoms with E-state index in [0.29, 0.717) is 13.0 Å². The molecule has 0 aliphatic rings. The van der Waals surface area contributed by atoms with Gasteiger partial charge < -0.3 is 10.6 Å². The molecule has 1 atom stereocenters. The molecular weight excluding hydrogens is 222 g/mol. The van der Waals surface area contributed by atoms with Crippen LogP contribution in [0.1, 0.15) is 32.4 Å². The molecule has 0 saturated carbocycles. The van der Waals surface area contributed by atoms with Crippen LogP contribution in [0.15, 0.2) is 5.38 Å². The van der Waals surface area contributed by atoms with Gasteiger partial charge in [-0.25, -0.2) is 4.98 Å². The average Bonchev–Trinajstić information content (AvgIpc) is 2.64. The third kappa shape index (κ3) is 4.61. The summed E-state index contributed by atoms with van der Waals surface area (Å²) in [7, 11) is 0. The van der Waals surface area contributed by atoms with Gasteiger partial charge in [0.1, 0.15) is 0 Å². The minimum absolute atomic E-state index is 0.0927. The van der Waals surface area contributed by atoms with Crippen LogP contribution in [0.4, 0.5) is 5.13 Å². The molecule has 4 nitrogen and oxygen atoms in total. The van der Waals surface area contributed by atoms with Crippen molar-refractivity contribution in [3.05, 3.63) is 11.1 Å². The van der Waals surface area contributed by atoms with Crippen molar-refractivity contribution in [2.45, 2.75) is 39.7 Å². The molecule has 1 aromatic rings. The van der Waals surface area contributed by atoms with Gasteiger partial charge in [0.25, 0.3) is 0 Å². The van der Waals surface area contributed by atoms with Crippen LogP contribution in [-0.4, -0.2) is 23.5 Å². The minimum Gasteiger partial charge on any atom is -0.361 e. The lowest BCUT2D eigenvalue weighted by Gasteiger charge is -2.11. The second kappa shape index (κ2) is 6.48. The topological polar surface area (TPSA) is 54.0 Å². The number of rotatable bonds is 6. The van der Waals surface area contributed by atoms with Gasteiger partial charge >= 0.3 is 0 Å². The SMILES string of the molecule is CCC(C)NC(=O)CCNc1nc(C)cs1. The molecule has 1 unspecified atom stereocenters. The van der Waals surface area contributed by atoms with Crippen molar-refractivity contribution in [3.8, 4) is 0 Å². The fraction of sp³-hybridized carbons (Fsp3) is 0.636. The first-order valence-electron chi connectivity index (χ1n) is 5.57. The van der Waals surface area contributed by atoms with E-state index in [-0.39, 0.29) is 11.9 Å². The van der Waals surface area contributed by atoms with Crippen LogP contribution in [0.2, 0.25) is 0 Å². The summed E-state index contributed by atoms with van der Waals surface area (Å²) < 4.78 is 0. The summed E-state index contributed by atoms with van der Waals surface area (Å²) in [6.45, 7) is 6.66. The first kappa shape index (κ1) is 13.0. The van der Waals surface area contributed by atoms with Gasteiger partial charge in [0.2, 0.25) is 5.91 Å². The Morgan fingerprint density at radius 3 is 2.94 bits per heavy atom. The quantitative estimate of drug-likeness (QED) is 0.802. The Morgan fingerprint density at radius 2 is 2.38 bits per heavy atom. The molecule has 1 aromatic heterocycles. The van der Waals surface area contributed by atoms with E-state index in [9.17, 15) is 4.79 Å². The molecule has 5 heteroatoms. The van der Waals surface area contributed by atoms with Gasteiger partial charge in [-0.15, -0.1) is 11.3 Å². The van der Waals surface area contributed by atoms with E-state index in [4.69, 9.17) is 0 Å². The average molecular weight is 241 g/mol. The van der Waals surface area contributed by atoms with E-state index in [2.05, 4.69) is 22.5 Å². The zero-order valence-corrected chi connectivity index (χ0v) is 10.9. The van der Waals surface area contributed by atoms with Crippen molar-refractivity contribution in [2.24, 2.45) is 0 Å².